The molecule has 1 aliphatic carbocycles. The zero-order chi connectivity index (χ0) is 48.0. The Morgan fingerprint density at radius 1 is 0.294 bits per heavy atom. The van der Waals surface area contributed by atoms with Crippen LogP contribution in [0.1, 0.15) is 200 Å². The van der Waals surface area contributed by atoms with E-state index >= 15 is 0 Å². The summed E-state index contributed by atoms with van der Waals surface area (Å²) in [5, 5.41) is 0. The van der Waals surface area contributed by atoms with Crippen LogP contribution in [-0.2, 0) is 25.7 Å². The lowest BCUT2D eigenvalue weighted by atomic mass is 9.91. The van der Waals surface area contributed by atoms with E-state index in [1.165, 1.54) is 172 Å². The predicted octanol–water partition coefficient (Wildman–Crippen LogP) is 18.0. The Labute approximate surface area is 420 Å². The molecule has 4 nitrogen and oxygen atoms in total. The molecule has 0 saturated heterocycles. The molecule has 0 fully saturated rings. The molecular formula is C62H94O4Si2. The van der Waals surface area contributed by atoms with Gasteiger partial charge in [-0.15, -0.1) is 0 Å². The minimum Gasteiger partial charge on any atom is -0.493 e. The number of hydrogen-bond acceptors (Lipinski definition) is 4. The molecule has 4 aromatic rings. The molecule has 0 saturated carbocycles. The number of benzene rings is 4. The van der Waals surface area contributed by atoms with Crippen molar-refractivity contribution in [2.45, 2.75) is 219 Å². The van der Waals surface area contributed by atoms with Gasteiger partial charge in [0.25, 0.3) is 0 Å². The van der Waals surface area contributed by atoms with E-state index in [-0.39, 0.29) is 17.6 Å². The monoisotopic (exact) mass is 959 g/mol. The van der Waals surface area contributed by atoms with Gasteiger partial charge in [0.1, 0.15) is 23.0 Å². The molecule has 374 valence electrons. The van der Waals surface area contributed by atoms with Crippen LogP contribution >= 0.6 is 0 Å². The van der Waals surface area contributed by atoms with Crippen LogP contribution in [0.3, 0.4) is 0 Å². The first-order valence-electron chi connectivity index (χ1n) is 27.9. The van der Waals surface area contributed by atoms with Crippen molar-refractivity contribution in [2.24, 2.45) is 0 Å². The van der Waals surface area contributed by atoms with Crippen molar-refractivity contribution in [3.63, 3.8) is 0 Å². The van der Waals surface area contributed by atoms with Gasteiger partial charge in [-0.2, -0.15) is 0 Å². The maximum absolute atomic E-state index is 7.01. The summed E-state index contributed by atoms with van der Waals surface area (Å²) in [4.78, 5) is 0. The number of unbranched alkanes of at least 4 members (excludes halogenated alkanes) is 18. The minimum absolute atomic E-state index is 0.327. The average molecular weight is 960 g/mol. The number of rotatable bonds is 34. The third-order valence-corrected chi connectivity index (χ3v) is 16.6. The fraction of sp³-hybridized carbons (Fsp3) is 0.613. The first kappa shape index (κ1) is 55.4. The van der Waals surface area contributed by atoms with Gasteiger partial charge in [0.15, 0.2) is 0 Å². The van der Waals surface area contributed by atoms with Crippen LogP contribution in [-0.4, -0.2) is 44.0 Å². The Morgan fingerprint density at radius 3 is 0.721 bits per heavy atom. The molecule has 0 spiro atoms. The molecule has 8 bridgehead atoms. The SMILES string of the molecule is CCCCCCCCCCCCOc1c2cccc1Cc1cccc(c1OCCC[Si](C)C)Cc1cccc(c1OCCCCCCCCCCCC)Cc1cccc(c1OCCC[Si](C)C)C2. The highest BCUT2D eigenvalue weighted by atomic mass is 28.3. The van der Waals surface area contributed by atoms with Crippen LogP contribution in [0.15, 0.2) is 72.8 Å². The Balaban J connectivity index is 1.47. The largest absolute Gasteiger partial charge is 0.493 e. The third-order valence-electron chi connectivity index (χ3n) is 13.9. The van der Waals surface area contributed by atoms with E-state index in [0.29, 0.717) is 0 Å². The van der Waals surface area contributed by atoms with E-state index in [1.807, 2.05) is 0 Å². The fourth-order valence-corrected chi connectivity index (χ4v) is 11.7. The Morgan fingerprint density at radius 2 is 0.500 bits per heavy atom. The molecule has 0 unspecified atom stereocenters. The van der Waals surface area contributed by atoms with Crippen LogP contribution in [0.2, 0.25) is 38.3 Å². The van der Waals surface area contributed by atoms with Gasteiger partial charge in [0.2, 0.25) is 0 Å². The number of para-hydroxylation sites is 4. The van der Waals surface area contributed by atoms with E-state index in [4.69, 9.17) is 18.9 Å². The molecule has 0 amide bonds. The fourth-order valence-electron chi connectivity index (χ4n) is 9.96. The van der Waals surface area contributed by atoms with Crippen molar-refractivity contribution in [1.29, 1.82) is 0 Å². The predicted molar refractivity (Wildman–Crippen MR) is 296 cm³/mol. The lowest BCUT2D eigenvalue weighted by molar-refractivity contribution is 0.296. The Bertz CT molecular complexity index is 1750. The van der Waals surface area contributed by atoms with Crippen LogP contribution in [0.4, 0.5) is 0 Å². The van der Waals surface area contributed by atoms with Gasteiger partial charge >= 0.3 is 0 Å². The highest BCUT2D eigenvalue weighted by Crippen LogP contribution is 2.39. The molecule has 0 aliphatic heterocycles. The summed E-state index contributed by atoms with van der Waals surface area (Å²) in [6.07, 6.45) is 31.5. The normalized spacial score (nSPS) is 12.5. The van der Waals surface area contributed by atoms with Crippen molar-refractivity contribution >= 4 is 17.6 Å². The summed E-state index contributed by atoms with van der Waals surface area (Å²) in [6, 6.07) is 29.9. The van der Waals surface area contributed by atoms with E-state index in [9.17, 15) is 0 Å². The standard InChI is InChI=1S/C62H94O4Si2/c1-7-9-11-13-15-17-19-21-23-25-41-63-59-51-33-27-34-52(59)48-56-38-30-40-58(62(56)66-44-32-46-68(5)6)50-54-36-28-35-53(60(54)64-42-26-24-22-20-18-16-14-12-10-8-2)49-57-39-29-37-55(47-51)61(57)65-43-31-45-67(3)4/h27-30,33-40H,7-26,31-32,41-50H2,1-6H3. The minimum atomic E-state index is -0.327. The quantitative estimate of drug-likeness (QED) is 0.0304. The first-order chi connectivity index (χ1) is 33.4. The molecule has 68 heavy (non-hydrogen) atoms. The summed E-state index contributed by atoms with van der Waals surface area (Å²) in [5.74, 6) is 4.18. The van der Waals surface area contributed by atoms with Crippen molar-refractivity contribution in [1.82, 2.24) is 0 Å². The lowest BCUT2D eigenvalue weighted by Crippen LogP contribution is -2.11. The lowest BCUT2D eigenvalue weighted by Gasteiger charge is -2.23. The summed E-state index contributed by atoms with van der Waals surface area (Å²) in [5.41, 5.74) is 9.87. The first-order valence-corrected chi connectivity index (χ1v) is 33.3. The number of hydrogen-bond donors (Lipinski definition) is 0. The molecule has 1 aliphatic rings. The maximum atomic E-state index is 7.01. The van der Waals surface area contributed by atoms with Gasteiger partial charge in [-0.1, -0.05) is 240 Å². The molecule has 0 aromatic heterocycles. The van der Waals surface area contributed by atoms with Gasteiger partial charge in [-0.3, -0.25) is 0 Å². The second-order valence-electron chi connectivity index (χ2n) is 20.7. The van der Waals surface area contributed by atoms with Gasteiger partial charge in [0.05, 0.1) is 26.4 Å². The van der Waals surface area contributed by atoms with Crippen molar-refractivity contribution < 1.29 is 18.9 Å². The van der Waals surface area contributed by atoms with E-state index < -0.39 is 0 Å². The maximum Gasteiger partial charge on any atom is 0.126 e. The third kappa shape index (κ3) is 20.1. The van der Waals surface area contributed by atoms with Gasteiger partial charge in [-0.25, -0.2) is 0 Å². The van der Waals surface area contributed by atoms with E-state index in [0.717, 1.165) is 101 Å². The summed E-state index contributed by atoms with van der Waals surface area (Å²) in [7, 11) is -0.654. The van der Waals surface area contributed by atoms with Gasteiger partial charge in [-0.05, 0) is 70.2 Å². The van der Waals surface area contributed by atoms with Crippen molar-refractivity contribution in [3.8, 4) is 23.0 Å². The molecular weight excluding hydrogens is 865 g/mol. The molecule has 0 atom stereocenters. The van der Waals surface area contributed by atoms with Gasteiger partial charge < -0.3 is 18.9 Å². The second-order valence-corrected chi connectivity index (χ2v) is 26.5. The molecule has 0 heterocycles. The van der Waals surface area contributed by atoms with Crippen LogP contribution in [0, 0.1) is 0 Å². The zero-order valence-electron chi connectivity index (χ0n) is 44.2. The number of fused-ring (bicyclic) bond motifs is 8. The van der Waals surface area contributed by atoms with Gasteiger partial charge in [0, 0.05) is 43.3 Å². The highest BCUT2D eigenvalue weighted by Gasteiger charge is 2.22. The molecule has 4 aromatic carbocycles. The Hall–Kier alpha value is -3.49. The van der Waals surface area contributed by atoms with Crippen LogP contribution in [0.25, 0.3) is 0 Å². The summed E-state index contributed by atoms with van der Waals surface area (Å²) < 4.78 is 27.9. The molecule has 2 radical (unpaired) electrons. The molecule has 5 rings (SSSR count). The summed E-state index contributed by atoms with van der Waals surface area (Å²) in [6.45, 7) is 17.2. The van der Waals surface area contributed by atoms with E-state index in [2.05, 4.69) is 113 Å². The average Bonchev–Trinajstić information content (AvgIpc) is 3.32. The molecule has 6 heteroatoms. The Kier molecular flexibility index (Phi) is 27.0. The van der Waals surface area contributed by atoms with Crippen LogP contribution < -0.4 is 18.9 Å². The highest BCUT2D eigenvalue weighted by molar-refractivity contribution is 6.55. The zero-order valence-corrected chi connectivity index (χ0v) is 46.2. The molecule has 0 N–H and O–H groups in total. The van der Waals surface area contributed by atoms with Crippen molar-refractivity contribution in [2.75, 3.05) is 26.4 Å². The van der Waals surface area contributed by atoms with Crippen LogP contribution in [0.5, 0.6) is 23.0 Å². The smallest absolute Gasteiger partial charge is 0.126 e. The topological polar surface area (TPSA) is 36.9 Å². The number of ether oxygens (including phenoxy) is 4. The van der Waals surface area contributed by atoms with Crippen molar-refractivity contribution in [3.05, 3.63) is 117 Å². The van der Waals surface area contributed by atoms with E-state index in [1.54, 1.807) is 0 Å². The second kappa shape index (κ2) is 33.2. The summed E-state index contributed by atoms with van der Waals surface area (Å²) >= 11 is 0.